The zero-order valence-corrected chi connectivity index (χ0v) is 9.91. The minimum Gasteiger partial charge on any atom is -0.383 e. The largest absolute Gasteiger partial charge is 0.417 e. The first-order chi connectivity index (χ1) is 6.80. The molecule has 0 saturated carbocycles. The third-order valence-corrected chi connectivity index (χ3v) is 2.42. The van der Waals surface area contributed by atoms with Crippen molar-refractivity contribution >= 4 is 21.6 Å². The van der Waals surface area contributed by atoms with E-state index in [0.717, 1.165) is 6.07 Å². The molecule has 0 amide bonds. The highest BCUT2D eigenvalue weighted by molar-refractivity contribution is 9.10. The Morgan fingerprint density at radius 1 is 1.27 bits per heavy atom. The molecule has 1 nitrogen and oxygen atoms in total. The fourth-order valence-electron chi connectivity index (χ4n) is 1.17. The van der Waals surface area contributed by atoms with Crippen LogP contribution in [0.3, 0.4) is 0 Å². The minimum absolute atomic E-state index is 0.0595. The third kappa shape index (κ3) is 3.41. The minimum atomic E-state index is -4.33. The van der Waals surface area contributed by atoms with Gasteiger partial charge in [0.1, 0.15) is 0 Å². The SMILES string of the molecule is CC(C)Nc1ccc(Br)c(C(F)(F)F)c1. The molecule has 1 rings (SSSR count). The molecule has 15 heavy (non-hydrogen) atoms. The average Bonchev–Trinajstić information content (AvgIpc) is 2.05. The molecule has 0 unspecified atom stereocenters. The van der Waals surface area contributed by atoms with E-state index in [0.29, 0.717) is 5.69 Å². The van der Waals surface area contributed by atoms with E-state index >= 15 is 0 Å². The highest BCUT2D eigenvalue weighted by atomic mass is 79.9. The first-order valence-corrected chi connectivity index (χ1v) is 5.23. The predicted octanol–water partition coefficient (Wildman–Crippen LogP) is 4.29. The van der Waals surface area contributed by atoms with Crippen LogP contribution >= 0.6 is 15.9 Å². The van der Waals surface area contributed by atoms with Crippen molar-refractivity contribution in [3.05, 3.63) is 28.2 Å². The van der Waals surface area contributed by atoms with Crippen molar-refractivity contribution in [2.45, 2.75) is 26.1 Å². The highest BCUT2D eigenvalue weighted by Crippen LogP contribution is 2.36. The smallest absolute Gasteiger partial charge is 0.383 e. The molecule has 1 aromatic carbocycles. The summed E-state index contributed by atoms with van der Waals surface area (Å²) in [7, 11) is 0. The molecular weight excluding hydrogens is 271 g/mol. The summed E-state index contributed by atoms with van der Waals surface area (Å²) in [5, 5.41) is 2.92. The number of benzene rings is 1. The van der Waals surface area contributed by atoms with Gasteiger partial charge in [-0.25, -0.2) is 0 Å². The number of hydrogen-bond donors (Lipinski definition) is 1. The van der Waals surface area contributed by atoms with Crippen LogP contribution in [0.4, 0.5) is 18.9 Å². The van der Waals surface area contributed by atoms with Crippen LogP contribution in [-0.2, 0) is 6.18 Å². The van der Waals surface area contributed by atoms with Crippen molar-refractivity contribution in [1.29, 1.82) is 0 Å². The van der Waals surface area contributed by atoms with Crippen LogP contribution in [0.15, 0.2) is 22.7 Å². The second kappa shape index (κ2) is 4.43. The molecule has 0 atom stereocenters. The van der Waals surface area contributed by atoms with Gasteiger partial charge in [0, 0.05) is 16.2 Å². The lowest BCUT2D eigenvalue weighted by Gasteiger charge is -2.14. The van der Waals surface area contributed by atoms with Crippen LogP contribution in [0.2, 0.25) is 0 Å². The van der Waals surface area contributed by atoms with Crippen LogP contribution in [-0.4, -0.2) is 6.04 Å². The maximum atomic E-state index is 12.5. The summed E-state index contributed by atoms with van der Waals surface area (Å²) in [6.07, 6.45) is -4.33. The molecule has 1 aromatic rings. The zero-order chi connectivity index (χ0) is 11.6. The van der Waals surface area contributed by atoms with Gasteiger partial charge in [0.25, 0.3) is 0 Å². The van der Waals surface area contributed by atoms with Gasteiger partial charge in [0.05, 0.1) is 5.56 Å². The Bertz CT molecular complexity index is 347. The van der Waals surface area contributed by atoms with Crippen LogP contribution in [0.25, 0.3) is 0 Å². The van der Waals surface area contributed by atoms with Gasteiger partial charge in [0.2, 0.25) is 0 Å². The Balaban J connectivity index is 3.06. The van der Waals surface area contributed by atoms with E-state index in [1.54, 1.807) is 6.07 Å². The number of alkyl halides is 3. The van der Waals surface area contributed by atoms with E-state index in [2.05, 4.69) is 21.2 Å². The molecule has 0 radical (unpaired) electrons. The van der Waals surface area contributed by atoms with E-state index in [9.17, 15) is 13.2 Å². The fraction of sp³-hybridized carbons (Fsp3) is 0.400. The summed E-state index contributed by atoms with van der Waals surface area (Å²) >= 11 is 2.88. The molecule has 0 aliphatic carbocycles. The first kappa shape index (κ1) is 12.4. The van der Waals surface area contributed by atoms with Gasteiger partial charge < -0.3 is 5.32 Å². The highest BCUT2D eigenvalue weighted by Gasteiger charge is 2.33. The molecule has 5 heteroatoms. The van der Waals surface area contributed by atoms with Gasteiger partial charge in [-0.3, -0.25) is 0 Å². The Hall–Kier alpha value is -0.710. The van der Waals surface area contributed by atoms with Crippen LogP contribution in [0.1, 0.15) is 19.4 Å². The molecule has 0 aromatic heterocycles. The Labute approximate surface area is 94.8 Å². The summed E-state index contributed by atoms with van der Waals surface area (Å²) in [5.41, 5.74) is -0.186. The molecule has 0 heterocycles. The molecule has 0 bridgehead atoms. The van der Waals surface area contributed by atoms with E-state index < -0.39 is 11.7 Å². The second-order valence-corrected chi connectivity index (χ2v) is 4.35. The van der Waals surface area contributed by atoms with Crippen molar-refractivity contribution in [3.8, 4) is 0 Å². The van der Waals surface area contributed by atoms with Gasteiger partial charge in [-0.1, -0.05) is 15.9 Å². The quantitative estimate of drug-likeness (QED) is 0.853. The summed E-state index contributed by atoms with van der Waals surface area (Å²) in [4.78, 5) is 0. The van der Waals surface area contributed by atoms with Crippen LogP contribution in [0.5, 0.6) is 0 Å². The topological polar surface area (TPSA) is 12.0 Å². The lowest BCUT2D eigenvalue weighted by molar-refractivity contribution is -0.138. The number of hydrogen-bond acceptors (Lipinski definition) is 1. The average molecular weight is 282 g/mol. The van der Waals surface area contributed by atoms with Crippen molar-refractivity contribution in [3.63, 3.8) is 0 Å². The monoisotopic (exact) mass is 281 g/mol. The van der Waals surface area contributed by atoms with Crippen molar-refractivity contribution < 1.29 is 13.2 Å². The Kier molecular flexibility index (Phi) is 3.65. The van der Waals surface area contributed by atoms with Gasteiger partial charge in [-0.05, 0) is 32.0 Å². The van der Waals surface area contributed by atoms with Gasteiger partial charge in [-0.15, -0.1) is 0 Å². The fourth-order valence-corrected chi connectivity index (χ4v) is 1.64. The van der Waals surface area contributed by atoms with Gasteiger partial charge in [0.15, 0.2) is 0 Å². The Morgan fingerprint density at radius 3 is 2.33 bits per heavy atom. The van der Waals surface area contributed by atoms with E-state index in [1.165, 1.54) is 6.07 Å². The maximum absolute atomic E-state index is 12.5. The molecule has 0 spiro atoms. The van der Waals surface area contributed by atoms with Crippen molar-refractivity contribution in [2.75, 3.05) is 5.32 Å². The molecule has 0 aliphatic heterocycles. The van der Waals surface area contributed by atoms with Crippen LogP contribution < -0.4 is 5.32 Å². The Morgan fingerprint density at radius 2 is 1.87 bits per heavy atom. The van der Waals surface area contributed by atoms with E-state index in [-0.39, 0.29) is 10.5 Å². The molecule has 84 valence electrons. The lowest BCUT2D eigenvalue weighted by Crippen LogP contribution is -2.12. The van der Waals surface area contributed by atoms with Crippen molar-refractivity contribution in [1.82, 2.24) is 0 Å². The predicted molar refractivity (Wildman–Crippen MR) is 57.9 cm³/mol. The number of halogens is 4. The number of rotatable bonds is 2. The van der Waals surface area contributed by atoms with Gasteiger partial charge in [-0.2, -0.15) is 13.2 Å². The summed E-state index contributed by atoms with van der Waals surface area (Å²) < 4.78 is 37.6. The second-order valence-electron chi connectivity index (χ2n) is 3.49. The van der Waals surface area contributed by atoms with E-state index in [4.69, 9.17) is 0 Å². The molecule has 0 saturated heterocycles. The third-order valence-electron chi connectivity index (χ3n) is 1.73. The molecule has 1 N–H and O–H groups in total. The summed E-state index contributed by atoms with van der Waals surface area (Å²) in [6.45, 7) is 3.74. The zero-order valence-electron chi connectivity index (χ0n) is 8.32. The lowest BCUT2D eigenvalue weighted by atomic mass is 10.2. The van der Waals surface area contributed by atoms with Crippen LogP contribution in [0, 0.1) is 0 Å². The first-order valence-electron chi connectivity index (χ1n) is 4.44. The molecule has 0 fully saturated rings. The number of anilines is 1. The summed E-state index contributed by atoms with van der Waals surface area (Å²) in [5.74, 6) is 0. The normalized spacial score (nSPS) is 11.9. The summed E-state index contributed by atoms with van der Waals surface area (Å²) in [6, 6.07) is 4.21. The molecule has 0 aliphatic rings. The maximum Gasteiger partial charge on any atom is 0.417 e. The van der Waals surface area contributed by atoms with E-state index in [1.807, 2.05) is 13.8 Å². The standard InChI is InChI=1S/C10H11BrF3N/c1-6(2)15-7-3-4-9(11)8(5-7)10(12,13)14/h3-6,15H,1-2H3. The number of nitrogens with one attached hydrogen (secondary N) is 1. The van der Waals surface area contributed by atoms with Gasteiger partial charge >= 0.3 is 6.18 Å². The molecular formula is C10H11BrF3N. The van der Waals surface area contributed by atoms with Crippen molar-refractivity contribution in [2.24, 2.45) is 0 Å².